The molecule has 0 saturated heterocycles. The fraction of sp³-hybridized carbons (Fsp3) is 0.250. The Morgan fingerprint density at radius 1 is 1.00 bits per heavy atom. The molecule has 0 bridgehead atoms. The summed E-state index contributed by atoms with van der Waals surface area (Å²) in [7, 11) is 4.52. The maximum absolute atomic E-state index is 12.4. The molecule has 0 aliphatic rings. The predicted molar refractivity (Wildman–Crippen MR) is 83.0 cm³/mol. The molecule has 6 heteroatoms. The van der Waals surface area contributed by atoms with Gasteiger partial charge in [0.1, 0.15) is 0 Å². The topological polar surface area (TPSA) is 69.7 Å². The van der Waals surface area contributed by atoms with E-state index in [1.807, 2.05) is 13.0 Å². The predicted octanol–water partition coefficient (Wildman–Crippen LogP) is 2.67. The number of nitrogens with one attached hydrogen (secondary N) is 1. The van der Waals surface area contributed by atoms with E-state index in [0.29, 0.717) is 28.5 Å². The molecule has 0 atom stereocenters. The minimum absolute atomic E-state index is 0.286. The van der Waals surface area contributed by atoms with Crippen molar-refractivity contribution in [2.24, 2.45) is 0 Å². The minimum Gasteiger partial charge on any atom is -0.493 e. The van der Waals surface area contributed by atoms with Gasteiger partial charge in [-0.25, -0.2) is 0 Å². The minimum atomic E-state index is -0.286. The van der Waals surface area contributed by atoms with Crippen molar-refractivity contribution in [1.29, 1.82) is 0 Å². The van der Waals surface area contributed by atoms with Crippen molar-refractivity contribution in [2.45, 2.75) is 6.92 Å². The average Bonchev–Trinajstić information content (AvgIpc) is 2.53. The van der Waals surface area contributed by atoms with Crippen LogP contribution in [-0.2, 0) is 0 Å². The molecule has 0 saturated carbocycles. The summed E-state index contributed by atoms with van der Waals surface area (Å²) in [5.74, 6) is 1.01. The molecule has 0 aliphatic carbocycles. The first kappa shape index (κ1) is 15.6. The van der Waals surface area contributed by atoms with E-state index in [1.54, 1.807) is 24.5 Å². The lowest BCUT2D eigenvalue weighted by atomic mass is 10.1. The van der Waals surface area contributed by atoms with Gasteiger partial charge in [0.05, 0.1) is 33.2 Å². The Morgan fingerprint density at radius 3 is 2.14 bits per heavy atom. The molecule has 2 rings (SSSR count). The summed E-state index contributed by atoms with van der Waals surface area (Å²) in [6, 6.07) is 5.03. The molecule has 0 fully saturated rings. The van der Waals surface area contributed by atoms with Gasteiger partial charge in [0.25, 0.3) is 5.91 Å². The maximum atomic E-state index is 12.4. The SMILES string of the molecule is COc1cc(C(=O)Nc2cncc(C)c2)cc(OC)c1OC. The Bertz CT molecular complexity index is 661. The lowest BCUT2D eigenvalue weighted by molar-refractivity contribution is 0.102. The van der Waals surface area contributed by atoms with Gasteiger partial charge in [0, 0.05) is 11.8 Å². The highest BCUT2D eigenvalue weighted by atomic mass is 16.5. The van der Waals surface area contributed by atoms with Crippen LogP contribution in [0.25, 0.3) is 0 Å². The summed E-state index contributed by atoms with van der Waals surface area (Å²) < 4.78 is 15.7. The number of hydrogen-bond donors (Lipinski definition) is 1. The third kappa shape index (κ3) is 3.28. The summed E-state index contributed by atoms with van der Waals surface area (Å²) in [5, 5.41) is 2.79. The summed E-state index contributed by atoms with van der Waals surface area (Å²) in [6.45, 7) is 1.90. The Hall–Kier alpha value is -2.76. The maximum Gasteiger partial charge on any atom is 0.255 e. The third-order valence-electron chi connectivity index (χ3n) is 3.06. The molecule has 1 aromatic carbocycles. The first-order chi connectivity index (χ1) is 10.6. The van der Waals surface area contributed by atoms with E-state index < -0.39 is 0 Å². The quantitative estimate of drug-likeness (QED) is 0.919. The lowest BCUT2D eigenvalue weighted by Crippen LogP contribution is -2.13. The zero-order valence-corrected chi connectivity index (χ0v) is 13.0. The van der Waals surface area contributed by atoms with Crippen LogP contribution in [0.2, 0.25) is 0 Å². The summed E-state index contributed by atoms with van der Waals surface area (Å²) >= 11 is 0. The van der Waals surface area contributed by atoms with Crippen molar-refractivity contribution >= 4 is 11.6 Å². The van der Waals surface area contributed by atoms with Gasteiger partial charge in [0.15, 0.2) is 11.5 Å². The van der Waals surface area contributed by atoms with Crippen molar-refractivity contribution in [3.8, 4) is 17.2 Å². The second kappa shape index (κ2) is 6.80. The van der Waals surface area contributed by atoms with E-state index in [2.05, 4.69) is 10.3 Å². The smallest absolute Gasteiger partial charge is 0.255 e. The number of benzene rings is 1. The first-order valence-electron chi connectivity index (χ1n) is 6.62. The van der Waals surface area contributed by atoms with Crippen molar-refractivity contribution < 1.29 is 19.0 Å². The van der Waals surface area contributed by atoms with Crippen LogP contribution in [0.3, 0.4) is 0 Å². The van der Waals surface area contributed by atoms with Gasteiger partial charge in [-0.15, -0.1) is 0 Å². The van der Waals surface area contributed by atoms with Crippen LogP contribution in [0.15, 0.2) is 30.6 Å². The van der Waals surface area contributed by atoms with Crippen LogP contribution in [0.1, 0.15) is 15.9 Å². The lowest BCUT2D eigenvalue weighted by Gasteiger charge is -2.14. The zero-order chi connectivity index (χ0) is 16.1. The number of aryl methyl sites for hydroxylation is 1. The van der Waals surface area contributed by atoms with Gasteiger partial charge >= 0.3 is 0 Å². The number of hydrogen-bond acceptors (Lipinski definition) is 5. The van der Waals surface area contributed by atoms with E-state index >= 15 is 0 Å². The monoisotopic (exact) mass is 302 g/mol. The molecule has 1 amide bonds. The van der Waals surface area contributed by atoms with Gasteiger partial charge < -0.3 is 19.5 Å². The molecule has 1 N–H and O–H groups in total. The van der Waals surface area contributed by atoms with Gasteiger partial charge in [-0.2, -0.15) is 0 Å². The van der Waals surface area contributed by atoms with Crippen LogP contribution in [0.4, 0.5) is 5.69 Å². The van der Waals surface area contributed by atoms with E-state index in [9.17, 15) is 4.79 Å². The Balaban J connectivity index is 2.33. The molecular formula is C16H18N2O4. The average molecular weight is 302 g/mol. The van der Waals surface area contributed by atoms with Crippen molar-refractivity contribution in [1.82, 2.24) is 4.98 Å². The third-order valence-corrected chi connectivity index (χ3v) is 3.06. The van der Waals surface area contributed by atoms with E-state index in [-0.39, 0.29) is 5.91 Å². The molecular weight excluding hydrogens is 284 g/mol. The fourth-order valence-electron chi connectivity index (χ4n) is 2.04. The number of amides is 1. The van der Waals surface area contributed by atoms with Crippen LogP contribution in [0.5, 0.6) is 17.2 Å². The van der Waals surface area contributed by atoms with Crippen molar-refractivity contribution in [3.05, 3.63) is 41.7 Å². The number of carbonyl (C=O) groups excluding carboxylic acids is 1. The van der Waals surface area contributed by atoms with Crippen LogP contribution < -0.4 is 19.5 Å². The van der Waals surface area contributed by atoms with Crippen molar-refractivity contribution in [2.75, 3.05) is 26.6 Å². The molecule has 0 unspecified atom stereocenters. The molecule has 116 valence electrons. The highest BCUT2D eigenvalue weighted by Crippen LogP contribution is 2.38. The van der Waals surface area contributed by atoms with Gasteiger partial charge in [0.2, 0.25) is 5.75 Å². The van der Waals surface area contributed by atoms with E-state index in [4.69, 9.17) is 14.2 Å². The van der Waals surface area contributed by atoms with Crippen LogP contribution in [-0.4, -0.2) is 32.2 Å². The normalized spacial score (nSPS) is 10.0. The molecule has 0 aliphatic heterocycles. The highest BCUT2D eigenvalue weighted by molar-refractivity contribution is 6.05. The molecule has 0 spiro atoms. The number of rotatable bonds is 5. The number of nitrogens with zero attached hydrogens (tertiary/aromatic N) is 1. The number of methoxy groups -OCH3 is 3. The summed E-state index contributed by atoms with van der Waals surface area (Å²) in [5.41, 5.74) is 1.98. The summed E-state index contributed by atoms with van der Waals surface area (Å²) in [6.07, 6.45) is 3.30. The number of pyridine rings is 1. The zero-order valence-electron chi connectivity index (χ0n) is 13.0. The number of anilines is 1. The molecule has 6 nitrogen and oxygen atoms in total. The number of ether oxygens (including phenoxy) is 3. The first-order valence-corrected chi connectivity index (χ1v) is 6.62. The highest BCUT2D eigenvalue weighted by Gasteiger charge is 2.17. The van der Waals surface area contributed by atoms with Crippen LogP contribution >= 0.6 is 0 Å². The van der Waals surface area contributed by atoms with Crippen LogP contribution in [0, 0.1) is 6.92 Å². The molecule has 2 aromatic rings. The summed E-state index contributed by atoms with van der Waals surface area (Å²) in [4.78, 5) is 16.4. The number of carbonyl (C=O) groups is 1. The molecule has 1 heterocycles. The number of aromatic nitrogens is 1. The Kier molecular flexibility index (Phi) is 4.83. The standard InChI is InChI=1S/C16H18N2O4/c1-10-5-12(9-17-8-10)18-16(19)11-6-13(20-2)15(22-4)14(7-11)21-3/h5-9H,1-4H3,(H,18,19). The Morgan fingerprint density at radius 2 is 1.64 bits per heavy atom. The van der Waals surface area contributed by atoms with Gasteiger partial charge in [-0.3, -0.25) is 9.78 Å². The van der Waals surface area contributed by atoms with Crippen molar-refractivity contribution in [3.63, 3.8) is 0 Å². The largest absolute Gasteiger partial charge is 0.493 e. The molecule has 22 heavy (non-hydrogen) atoms. The second-order valence-corrected chi connectivity index (χ2v) is 4.62. The van der Waals surface area contributed by atoms with Gasteiger partial charge in [-0.05, 0) is 30.7 Å². The molecule has 0 radical (unpaired) electrons. The Labute approximate surface area is 129 Å². The van der Waals surface area contributed by atoms with Gasteiger partial charge in [-0.1, -0.05) is 0 Å². The van der Waals surface area contributed by atoms with E-state index in [1.165, 1.54) is 21.3 Å². The fourth-order valence-corrected chi connectivity index (χ4v) is 2.04. The second-order valence-electron chi connectivity index (χ2n) is 4.62. The molecule has 1 aromatic heterocycles. The van der Waals surface area contributed by atoms with E-state index in [0.717, 1.165) is 5.56 Å².